The summed E-state index contributed by atoms with van der Waals surface area (Å²) in [7, 11) is 0. The number of hydrogen-bond acceptors (Lipinski definition) is 11. The van der Waals surface area contributed by atoms with Gasteiger partial charge in [-0.1, -0.05) is 11.3 Å². The second-order valence-electron chi connectivity index (χ2n) is 9.46. The Balaban J connectivity index is 1.53. The minimum atomic E-state index is -0.519. The molecular weight excluding hydrogens is 470 g/mol. The van der Waals surface area contributed by atoms with Crippen molar-refractivity contribution in [2.45, 2.75) is 53.2 Å². The van der Waals surface area contributed by atoms with Crippen molar-refractivity contribution in [2.75, 3.05) is 49.5 Å². The number of anilines is 3. The molecule has 35 heavy (non-hydrogen) atoms. The first-order chi connectivity index (χ1) is 16.6. The maximum absolute atomic E-state index is 12.5. The van der Waals surface area contributed by atoms with E-state index in [1.54, 1.807) is 18.7 Å². The first kappa shape index (κ1) is 25.1. The maximum atomic E-state index is 12.5. The van der Waals surface area contributed by atoms with Crippen LogP contribution in [0.4, 0.5) is 21.7 Å². The number of nitrogens with zero attached hydrogens (tertiary/aromatic N) is 5. The van der Waals surface area contributed by atoms with Crippen LogP contribution in [0.3, 0.4) is 0 Å². The van der Waals surface area contributed by atoms with E-state index in [0.717, 1.165) is 30.0 Å². The topological polar surface area (TPSA) is 122 Å². The number of carbonyl (C=O) groups is 2. The number of thiazole rings is 1. The highest BCUT2D eigenvalue weighted by atomic mass is 32.1. The molecule has 0 spiro atoms. The van der Waals surface area contributed by atoms with E-state index >= 15 is 0 Å². The highest BCUT2D eigenvalue weighted by molar-refractivity contribution is 7.17. The molecule has 0 radical (unpaired) electrons. The summed E-state index contributed by atoms with van der Waals surface area (Å²) < 4.78 is 10.6. The Morgan fingerprint density at radius 2 is 1.89 bits per heavy atom. The van der Waals surface area contributed by atoms with E-state index in [1.807, 2.05) is 20.8 Å². The standard InChI is InChI=1S/C23H33N7O4S/c1-6-33-19(31)17-14(2)25-21(35-17)28-20-26-16-13-24-8-7-15(16)18(27-20)29-9-11-30(12-10-29)22(32)34-23(3,4)5/h24H,6-13H2,1-5H3,(H,25,26,27,28). The number of piperazine rings is 1. The fourth-order valence-corrected chi connectivity index (χ4v) is 4.87. The number of nitrogens with one attached hydrogen (secondary N) is 2. The minimum Gasteiger partial charge on any atom is -0.462 e. The average Bonchev–Trinajstić information content (AvgIpc) is 3.17. The Bertz CT molecular complexity index is 1090. The molecule has 2 aliphatic heterocycles. The van der Waals surface area contributed by atoms with Crippen LogP contribution < -0.4 is 15.5 Å². The van der Waals surface area contributed by atoms with Crippen LogP contribution in [-0.4, -0.2) is 76.8 Å². The van der Waals surface area contributed by atoms with Gasteiger partial charge in [-0.2, -0.15) is 4.98 Å². The molecule has 2 aromatic heterocycles. The Morgan fingerprint density at radius 1 is 1.14 bits per heavy atom. The average molecular weight is 504 g/mol. The molecule has 0 saturated carbocycles. The highest BCUT2D eigenvalue weighted by Crippen LogP contribution is 2.30. The van der Waals surface area contributed by atoms with Gasteiger partial charge in [-0.3, -0.25) is 5.32 Å². The summed E-state index contributed by atoms with van der Waals surface area (Å²) in [6.45, 7) is 13.4. The summed E-state index contributed by atoms with van der Waals surface area (Å²) >= 11 is 1.23. The van der Waals surface area contributed by atoms with Crippen molar-refractivity contribution in [3.05, 3.63) is 21.8 Å². The van der Waals surface area contributed by atoms with Crippen molar-refractivity contribution >= 4 is 40.3 Å². The van der Waals surface area contributed by atoms with Crippen LogP contribution in [0.25, 0.3) is 0 Å². The van der Waals surface area contributed by atoms with Gasteiger partial charge in [0.15, 0.2) is 5.13 Å². The predicted molar refractivity (Wildman–Crippen MR) is 134 cm³/mol. The zero-order valence-electron chi connectivity index (χ0n) is 20.9. The number of rotatable bonds is 5. The number of aryl methyl sites for hydroxylation is 1. The molecular formula is C23H33N7O4S. The molecule has 4 rings (SSSR count). The first-order valence-electron chi connectivity index (χ1n) is 11.9. The number of fused-ring (bicyclic) bond motifs is 1. The molecule has 1 amide bonds. The molecule has 1 saturated heterocycles. The minimum absolute atomic E-state index is 0.287. The summed E-state index contributed by atoms with van der Waals surface area (Å²) in [4.78, 5) is 43.1. The molecule has 2 aromatic rings. The van der Waals surface area contributed by atoms with Gasteiger partial charge in [0.05, 0.1) is 18.0 Å². The number of amides is 1. The highest BCUT2D eigenvalue weighted by Gasteiger charge is 2.29. The van der Waals surface area contributed by atoms with Crippen molar-refractivity contribution < 1.29 is 19.1 Å². The van der Waals surface area contributed by atoms with Crippen LogP contribution in [0.1, 0.15) is 54.3 Å². The zero-order chi connectivity index (χ0) is 25.2. The lowest BCUT2D eigenvalue weighted by Gasteiger charge is -2.37. The second kappa shape index (κ2) is 10.3. The van der Waals surface area contributed by atoms with Gasteiger partial charge in [0.25, 0.3) is 0 Å². The predicted octanol–water partition coefficient (Wildman–Crippen LogP) is 2.86. The number of hydrogen-bond donors (Lipinski definition) is 2. The normalized spacial score (nSPS) is 16.0. The van der Waals surface area contributed by atoms with Gasteiger partial charge < -0.3 is 24.6 Å². The van der Waals surface area contributed by atoms with Crippen molar-refractivity contribution in [3.8, 4) is 0 Å². The van der Waals surface area contributed by atoms with Crippen molar-refractivity contribution in [1.29, 1.82) is 0 Å². The lowest BCUT2D eigenvalue weighted by molar-refractivity contribution is 0.0240. The third-order valence-electron chi connectivity index (χ3n) is 5.62. The van der Waals surface area contributed by atoms with Gasteiger partial charge in [0, 0.05) is 38.3 Å². The van der Waals surface area contributed by atoms with E-state index in [0.29, 0.717) is 61.0 Å². The summed E-state index contributed by atoms with van der Waals surface area (Å²) in [6.07, 6.45) is 0.547. The molecule has 190 valence electrons. The molecule has 4 heterocycles. The Hall–Kier alpha value is -2.99. The Morgan fingerprint density at radius 3 is 2.57 bits per heavy atom. The largest absolute Gasteiger partial charge is 0.462 e. The van der Waals surface area contributed by atoms with Crippen LogP contribution in [0.2, 0.25) is 0 Å². The van der Waals surface area contributed by atoms with E-state index in [9.17, 15) is 9.59 Å². The third-order valence-corrected chi connectivity index (χ3v) is 6.68. The fourth-order valence-electron chi connectivity index (χ4n) is 4.02. The van der Waals surface area contributed by atoms with E-state index < -0.39 is 5.60 Å². The lowest BCUT2D eigenvalue weighted by Crippen LogP contribution is -2.50. The Labute approximate surface area is 209 Å². The molecule has 0 bridgehead atoms. The number of carbonyl (C=O) groups excluding carboxylic acids is 2. The third kappa shape index (κ3) is 5.99. The Kier molecular flexibility index (Phi) is 7.41. The van der Waals surface area contributed by atoms with Crippen LogP contribution in [-0.2, 0) is 22.4 Å². The zero-order valence-corrected chi connectivity index (χ0v) is 21.8. The van der Waals surface area contributed by atoms with E-state index in [-0.39, 0.29) is 12.1 Å². The summed E-state index contributed by atoms with van der Waals surface area (Å²) in [5, 5.41) is 7.09. The van der Waals surface area contributed by atoms with Gasteiger partial charge in [-0.05, 0) is 47.6 Å². The molecule has 0 atom stereocenters. The second-order valence-corrected chi connectivity index (χ2v) is 10.5. The quantitative estimate of drug-likeness (QED) is 0.589. The van der Waals surface area contributed by atoms with Crippen LogP contribution in [0, 0.1) is 6.92 Å². The monoisotopic (exact) mass is 503 g/mol. The lowest BCUT2D eigenvalue weighted by atomic mass is 10.1. The molecule has 0 aliphatic carbocycles. The molecule has 2 aliphatic rings. The molecule has 2 N–H and O–H groups in total. The van der Waals surface area contributed by atoms with Crippen molar-refractivity contribution in [2.24, 2.45) is 0 Å². The summed E-state index contributed by atoms with van der Waals surface area (Å²) in [5.74, 6) is 0.928. The van der Waals surface area contributed by atoms with Crippen molar-refractivity contribution in [1.82, 2.24) is 25.2 Å². The smallest absolute Gasteiger partial charge is 0.410 e. The number of ether oxygens (including phenoxy) is 2. The molecule has 11 nitrogen and oxygen atoms in total. The molecule has 0 aromatic carbocycles. The van der Waals surface area contributed by atoms with Crippen LogP contribution in [0.15, 0.2) is 0 Å². The van der Waals surface area contributed by atoms with Crippen LogP contribution >= 0.6 is 11.3 Å². The van der Waals surface area contributed by atoms with Gasteiger partial charge in [-0.15, -0.1) is 0 Å². The maximum Gasteiger partial charge on any atom is 0.410 e. The molecule has 1 fully saturated rings. The summed E-state index contributed by atoms with van der Waals surface area (Å²) in [5.41, 5.74) is 2.16. The van der Waals surface area contributed by atoms with E-state index in [1.165, 1.54) is 11.3 Å². The van der Waals surface area contributed by atoms with Gasteiger partial charge in [0.2, 0.25) is 5.95 Å². The fraction of sp³-hybridized carbons (Fsp3) is 0.609. The van der Waals surface area contributed by atoms with E-state index in [4.69, 9.17) is 19.4 Å². The first-order valence-corrected chi connectivity index (χ1v) is 12.7. The summed E-state index contributed by atoms with van der Waals surface area (Å²) in [6, 6.07) is 0. The number of aromatic nitrogens is 3. The van der Waals surface area contributed by atoms with Gasteiger partial charge >= 0.3 is 12.1 Å². The molecule has 12 heteroatoms. The van der Waals surface area contributed by atoms with Gasteiger partial charge in [0.1, 0.15) is 16.3 Å². The number of esters is 1. The molecule has 0 unspecified atom stereocenters. The van der Waals surface area contributed by atoms with Crippen LogP contribution in [0.5, 0.6) is 0 Å². The van der Waals surface area contributed by atoms with Gasteiger partial charge in [-0.25, -0.2) is 19.6 Å². The SMILES string of the molecule is CCOC(=O)c1sc(Nc2nc3c(c(N4CCN(C(=O)OC(C)(C)C)CC4)n2)CCNC3)nc1C. The van der Waals surface area contributed by atoms with E-state index in [2.05, 4.69) is 20.5 Å². The van der Waals surface area contributed by atoms with Crippen molar-refractivity contribution in [3.63, 3.8) is 0 Å².